The van der Waals surface area contributed by atoms with Gasteiger partial charge in [0.1, 0.15) is 0 Å². The van der Waals surface area contributed by atoms with Gasteiger partial charge in [0.15, 0.2) is 0 Å². The van der Waals surface area contributed by atoms with Crippen LogP contribution in [0.1, 0.15) is 11.5 Å². The van der Waals surface area contributed by atoms with E-state index < -0.39 is 0 Å². The summed E-state index contributed by atoms with van der Waals surface area (Å²) in [6.07, 6.45) is 0.311. The number of likely N-dealkylation sites (N-methyl/N-ethyl adjacent to an activating group) is 1. The Hall–Kier alpha value is -2.18. The molecule has 0 aliphatic heterocycles. The number of aromatic nitrogens is 2. The van der Waals surface area contributed by atoms with E-state index in [9.17, 15) is 4.79 Å². The zero-order chi connectivity index (χ0) is 17.8. The molecule has 128 valence electrons. The van der Waals surface area contributed by atoms with E-state index in [-0.39, 0.29) is 12.5 Å². The lowest BCUT2D eigenvalue weighted by Gasteiger charge is -2.14. The van der Waals surface area contributed by atoms with Crippen molar-refractivity contribution in [1.82, 2.24) is 15.0 Å². The minimum absolute atomic E-state index is 0.0272. The van der Waals surface area contributed by atoms with E-state index in [2.05, 4.69) is 26.1 Å². The Bertz CT molecular complexity index is 897. The molecule has 3 aromatic rings. The Morgan fingerprint density at radius 2 is 2.04 bits per heavy atom. The Balaban J connectivity index is 1.65. The first-order chi connectivity index (χ1) is 12.0. The summed E-state index contributed by atoms with van der Waals surface area (Å²) in [5.74, 6) is 0.797. The van der Waals surface area contributed by atoms with Crippen molar-refractivity contribution >= 4 is 33.4 Å². The molecule has 0 fully saturated rings. The number of carbonyl (C=O) groups excluding carboxylic acids is 1. The zero-order valence-electron chi connectivity index (χ0n) is 13.4. The molecule has 2 aromatic carbocycles. The van der Waals surface area contributed by atoms with Crippen LogP contribution >= 0.6 is 27.5 Å². The van der Waals surface area contributed by atoms with Crippen LogP contribution in [0.25, 0.3) is 11.4 Å². The highest BCUT2D eigenvalue weighted by Gasteiger charge is 2.15. The minimum atomic E-state index is -0.0272. The summed E-state index contributed by atoms with van der Waals surface area (Å²) in [5, 5.41) is 4.55. The third kappa shape index (κ3) is 4.67. The Morgan fingerprint density at radius 1 is 1.24 bits per heavy atom. The Morgan fingerprint density at radius 3 is 2.80 bits per heavy atom. The van der Waals surface area contributed by atoms with E-state index in [1.54, 1.807) is 24.1 Å². The Kier molecular flexibility index (Phi) is 5.50. The van der Waals surface area contributed by atoms with Crippen LogP contribution in [0.2, 0.25) is 5.02 Å². The first-order valence-electron chi connectivity index (χ1n) is 7.58. The second-order valence-corrected chi connectivity index (χ2v) is 6.93. The number of benzene rings is 2. The molecule has 1 heterocycles. The number of halogens is 2. The maximum absolute atomic E-state index is 12.4. The Labute approximate surface area is 158 Å². The summed E-state index contributed by atoms with van der Waals surface area (Å²) >= 11 is 9.38. The third-order valence-electron chi connectivity index (χ3n) is 3.59. The van der Waals surface area contributed by atoms with Crippen molar-refractivity contribution in [3.63, 3.8) is 0 Å². The van der Waals surface area contributed by atoms with E-state index in [4.69, 9.17) is 16.1 Å². The smallest absolute Gasteiger partial charge is 0.246 e. The molecule has 0 aliphatic rings. The third-order valence-corrected chi connectivity index (χ3v) is 4.32. The van der Waals surface area contributed by atoms with Gasteiger partial charge < -0.3 is 9.42 Å². The quantitative estimate of drug-likeness (QED) is 0.615. The van der Waals surface area contributed by atoms with Gasteiger partial charge in [0.2, 0.25) is 17.6 Å². The topological polar surface area (TPSA) is 59.2 Å². The fourth-order valence-electron chi connectivity index (χ4n) is 2.31. The van der Waals surface area contributed by atoms with Gasteiger partial charge in [-0.1, -0.05) is 57.0 Å². The van der Waals surface area contributed by atoms with Crippen LogP contribution in [-0.4, -0.2) is 28.0 Å². The van der Waals surface area contributed by atoms with Crippen molar-refractivity contribution < 1.29 is 9.32 Å². The average Bonchev–Trinajstić information content (AvgIpc) is 3.03. The van der Waals surface area contributed by atoms with E-state index in [1.807, 2.05) is 36.4 Å². The molecule has 0 N–H and O–H groups in total. The molecule has 0 radical (unpaired) electrons. The first-order valence-corrected chi connectivity index (χ1v) is 8.75. The normalized spacial score (nSPS) is 10.7. The van der Waals surface area contributed by atoms with Crippen LogP contribution in [0.5, 0.6) is 0 Å². The predicted octanol–water partition coefficient (Wildman–Crippen LogP) is 4.35. The van der Waals surface area contributed by atoms with E-state index in [0.29, 0.717) is 23.2 Å². The number of carbonyl (C=O) groups is 1. The van der Waals surface area contributed by atoms with Gasteiger partial charge >= 0.3 is 0 Å². The van der Waals surface area contributed by atoms with Gasteiger partial charge in [-0.3, -0.25) is 4.79 Å². The lowest BCUT2D eigenvalue weighted by Crippen LogP contribution is -2.27. The molecular formula is C18H15BrClN3O2. The molecule has 0 bridgehead atoms. The van der Waals surface area contributed by atoms with Crippen molar-refractivity contribution in [3.05, 3.63) is 69.5 Å². The molecule has 0 unspecified atom stereocenters. The highest BCUT2D eigenvalue weighted by molar-refractivity contribution is 9.10. The lowest BCUT2D eigenvalue weighted by atomic mass is 10.1. The average molecular weight is 421 g/mol. The van der Waals surface area contributed by atoms with Crippen molar-refractivity contribution in [2.45, 2.75) is 13.0 Å². The standard InChI is InChI=1S/C18H15BrClN3O2/c1-23(17(24)9-12-4-2-6-14(19)8-12)11-16-21-18(22-25-16)13-5-3-7-15(20)10-13/h2-8,10H,9,11H2,1H3. The number of hydrogen-bond acceptors (Lipinski definition) is 4. The molecule has 3 rings (SSSR count). The van der Waals surface area contributed by atoms with Crippen molar-refractivity contribution in [2.75, 3.05) is 7.05 Å². The molecule has 25 heavy (non-hydrogen) atoms. The van der Waals surface area contributed by atoms with E-state index in [1.165, 1.54) is 0 Å². The van der Waals surface area contributed by atoms with Crippen molar-refractivity contribution in [3.8, 4) is 11.4 Å². The van der Waals surface area contributed by atoms with Crippen LogP contribution in [0, 0.1) is 0 Å². The zero-order valence-corrected chi connectivity index (χ0v) is 15.8. The highest BCUT2D eigenvalue weighted by atomic mass is 79.9. The van der Waals surface area contributed by atoms with Gasteiger partial charge in [0.05, 0.1) is 13.0 Å². The summed E-state index contributed by atoms with van der Waals surface area (Å²) in [6.45, 7) is 0.250. The molecule has 0 saturated heterocycles. The van der Waals surface area contributed by atoms with Gasteiger partial charge in [0.25, 0.3) is 0 Å². The van der Waals surface area contributed by atoms with Crippen LogP contribution in [0.3, 0.4) is 0 Å². The maximum Gasteiger partial charge on any atom is 0.246 e. The van der Waals surface area contributed by atoms with Crippen LogP contribution in [0.15, 0.2) is 57.5 Å². The van der Waals surface area contributed by atoms with E-state index in [0.717, 1.165) is 15.6 Å². The maximum atomic E-state index is 12.4. The summed E-state index contributed by atoms with van der Waals surface area (Å²) in [7, 11) is 1.71. The monoisotopic (exact) mass is 419 g/mol. The second kappa shape index (κ2) is 7.80. The van der Waals surface area contributed by atoms with Gasteiger partial charge in [-0.05, 0) is 29.8 Å². The molecule has 0 aliphatic carbocycles. The largest absolute Gasteiger partial charge is 0.337 e. The lowest BCUT2D eigenvalue weighted by molar-refractivity contribution is -0.130. The molecule has 1 aromatic heterocycles. The highest BCUT2D eigenvalue weighted by Crippen LogP contribution is 2.20. The van der Waals surface area contributed by atoms with Crippen LogP contribution < -0.4 is 0 Å². The molecule has 5 nitrogen and oxygen atoms in total. The molecule has 7 heteroatoms. The van der Waals surface area contributed by atoms with Crippen molar-refractivity contribution in [2.24, 2.45) is 0 Å². The second-order valence-electron chi connectivity index (χ2n) is 5.58. The SMILES string of the molecule is CN(Cc1nc(-c2cccc(Cl)c2)no1)C(=O)Cc1cccc(Br)c1. The van der Waals surface area contributed by atoms with Gasteiger partial charge in [0, 0.05) is 22.1 Å². The minimum Gasteiger partial charge on any atom is -0.337 e. The molecule has 1 amide bonds. The van der Waals surface area contributed by atoms with E-state index >= 15 is 0 Å². The molecular weight excluding hydrogens is 406 g/mol. The first kappa shape index (κ1) is 17.6. The number of amides is 1. The summed E-state index contributed by atoms with van der Waals surface area (Å²) in [6, 6.07) is 14.9. The number of nitrogens with zero attached hydrogens (tertiary/aromatic N) is 3. The van der Waals surface area contributed by atoms with Gasteiger partial charge in [-0.2, -0.15) is 4.98 Å². The summed E-state index contributed by atoms with van der Waals surface area (Å²) in [5.41, 5.74) is 1.71. The number of hydrogen-bond donors (Lipinski definition) is 0. The van der Waals surface area contributed by atoms with Crippen molar-refractivity contribution in [1.29, 1.82) is 0 Å². The van der Waals surface area contributed by atoms with Gasteiger partial charge in [-0.25, -0.2) is 0 Å². The summed E-state index contributed by atoms with van der Waals surface area (Å²) in [4.78, 5) is 18.2. The number of rotatable bonds is 5. The summed E-state index contributed by atoms with van der Waals surface area (Å²) < 4.78 is 6.19. The molecule has 0 spiro atoms. The van der Waals surface area contributed by atoms with Crippen LogP contribution in [-0.2, 0) is 17.8 Å². The molecule has 0 atom stereocenters. The predicted molar refractivity (Wildman–Crippen MR) is 99.1 cm³/mol. The fourth-order valence-corrected chi connectivity index (χ4v) is 2.95. The fraction of sp³-hybridized carbons (Fsp3) is 0.167. The molecule has 0 saturated carbocycles. The van der Waals surface area contributed by atoms with Crippen LogP contribution in [0.4, 0.5) is 0 Å². The van der Waals surface area contributed by atoms with Gasteiger partial charge in [-0.15, -0.1) is 0 Å².